The molecule has 3 nitrogen and oxygen atoms in total. The smallest absolute Gasteiger partial charge is 0.200 e. The van der Waals surface area contributed by atoms with Crippen molar-refractivity contribution in [2.75, 3.05) is 0 Å². The summed E-state index contributed by atoms with van der Waals surface area (Å²) in [5.41, 5.74) is 4.45. The lowest BCUT2D eigenvalue weighted by Crippen LogP contribution is -2.54. The highest BCUT2D eigenvalue weighted by atomic mass is 127. The van der Waals surface area contributed by atoms with Gasteiger partial charge >= 0.3 is 0 Å². The number of rotatable bonds is 22. The first-order chi connectivity index (χ1) is 21.6. The lowest BCUT2D eigenvalue weighted by atomic mass is 9.81. The normalized spacial score (nSPS) is 19.4. The van der Waals surface area contributed by atoms with Crippen LogP contribution in [0.15, 0.2) is 46.6 Å². The maximum atomic E-state index is 11.7. The molecular weight excluding hydrogens is 724 g/mol. The predicted octanol–water partition coefficient (Wildman–Crippen LogP) is 13.7. The molecule has 0 rings (SSSR count). The molecule has 0 aliphatic heterocycles. The van der Waals surface area contributed by atoms with Crippen molar-refractivity contribution in [2.24, 2.45) is 29.6 Å². The van der Waals surface area contributed by atoms with E-state index >= 15 is 0 Å². The second-order valence-corrected chi connectivity index (χ2v) is 28.4. The van der Waals surface area contributed by atoms with Gasteiger partial charge < -0.3 is 14.0 Å². The van der Waals surface area contributed by atoms with Crippen LogP contribution in [0.1, 0.15) is 131 Å². The van der Waals surface area contributed by atoms with Crippen LogP contribution in [0.2, 0.25) is 33.2 Å². The van der Waals surface area contributed by atoms with Gasteiger partial charge in [0.25, 0.3) is 0 Å². The molecule has 0 saturated heterocycles. The highest BCUT2D eigenvalue weighted by Gasteiger charge is 2.49. The summed E-state index contributed by atoms with van der Waals surface area (Å²) in [6.45, 7) is 45.9. The van der Waals surface area contributed by atoms with E-state index in [0.29, 0.717) is 39.2 Å². The van der Waals surface area contributed by atoms with Gasteiger partial charge in [-0.2, -0.15) is 0 Å². The summed E-state index contributed by atoms with van der Waals surface area (Å²) in [4.78, 5) is 0. The minimum absolute atomic E-state index is 0.0116. The van der Waals surface area contributed by atoms with Crippen LogP contribution in [0, 0.1) is 29.6 Å². The number of hydrogen-bond acceptors (Lipinski definition) is 3. The largest absolute Gasteiger partial charge is 0.412 e. The molecule has 0 saturated carbocycles. The minimum atomic E-state index is -2.20. The number of halogens is 1. The Morgan fingerprint density at radius 1 is 0.638 bits per heavy atom. The Hall–Kier alpha value is 0.00377. The summed E-state index contributed by atoms with van der Waals surface area (Å²) in [5.74, 6) is 0.849. The quantitative estimate of drug-likeness (QED) is 0.0513. The van der Waals surface area contributed by atoms with Gasteiger partial charge in [0, 0.05) is 17.8 Å². The zero-order valence-electron chi connectivity index (χ0n) is 34.1. The molecule has 47 heavy (non-hydrogen) atoms. The molecule has 0 amide bonds. The molecular formula is C41H79IO3Si2. The van der Waals surface area contributed by atoms with Crippen molar-refractivity contribution in [1.29, 1.82) is 0 Å². The van der Waals surface area contributed by atoms with Crippen LogP contribution < -0.4 is 0 Å². The molecule has 0 unspecified atom stereocenters. The Morgan fingerprint density at radius 3 is 1.40 bits per heavy atom. The second-order valence-electron chi connectivity index (χ2n) is 16.9. The highest BCUT2D eigenvalue weighted by molar-refractivity contribution is 14.1. The van der Waals surface area contributed by atoms with Crippen molar-refractivity contribution in [2.45, 2.75) is 183 Å². The zero-order chi connectivity index (χ0) is 37.0. The van der Waals surface area contributed by atoms with Crippen LogP contribution in [0.4, 0.5) is 0 Å². The van der Waals surface area contributed by atoms with Crippen molar-refractivity contribution >= 4 is 39.2 Å². The van der Waals surface area contributed by atoms with Gasteiger partial charge in [-0.05, 0) is 62.5 Å². The lowest BCUT2D eigenvalue weighted by Gasteiger charge is -2.48. The number of hydrogen-bond donors (Lipinski definition) is 1. The van der Waals surface area contributed by atoms with Crippen molar-refractivity contribution in [3.05, 3.63) is 46.6 Å². The van der Waals surface area contributed by atoms with Crippen LogP contribution in [-0.4, -0.2) is 40.1 Å². The Morgan fingerprint density at radius 2 is 1.04 bits per heavy atom. The van der Waals surface area contributed by atoms with E-state index in [1.807, 2.05) is 6.08 Å². The molecule has 0 heterocycles. The Kier molecular flexibility index (Phi) is 21.4. The first-order valence-corrected chi connectivity index (χ1v) is 24.4. The fourth-order valence-electron chi connectivity index (χ4n) is 9.22. The van der Waals surface area contributed by atoms with Gasteiger partial charge in [-0.1, -0.05) is 183 Å². The van der Waals surface area contributed by atoms with Gasteiger partial charge in [-0.15, -0.1) is 0 Å². The second kappa shape index (κ2) is 21.4. The van der Waals surface area contributed by atoms with Crippen LogP contribution in [-0.2, 0) is 8.85 Å². The molecule has 0 aromatic rings. The van der Waals surface area contributed by atoms with E-state index in [-0.39, 0.29) is 35.9 Å². The van der Waals surface area contributed by atoms with Crippen molar-refractivity contribution in [3.63, 3.8) is 0 Å². The molecule has 1 N–H and O–H groups in total. The van der Waals surface area contributed by atoms with E-state index in [4.69, 9.17) is 8.85 Å². The van der Waals surface area contributed by atoms with E-state index in [2.05, 4.69) is 176 Å². The third-order valence-electron chi connectivity index (χ3n) is 11.4. The summed E-state index contributed by atoms with van der Waals surface area (Å²) < 4.78 is 17.2. The van der Waals surface area contributed by atoms with Crippen molar-refractivity contribution < 1.29 is 14.0 Å². The first kappa shape index (κ1) is 47.0. The minimum Gasteiger partial charge on any atom is -0.412 e. The number of aliphatic hydroxyl groups excluding tert-OH is 1. The summed E-state index contributed by atoms with van der Waals surface area (Å²) in [5, 5.41) is 11.7. The fourth-order valence-corrected chi connectivity index (χ4v) is 21.3. The van der Waals surface area contributed by atoms with E-state index in [1.54, 1.807) is 6.08 Å². The molecule has 0 spiro atoms. The first-order valence-electron chi connectivity index (χ1n) is 18.9. The fraction of sp³-hybridized carbons (Fsp3) is 0.805. The van der Waals surface area contributed by atoms with Gasteiger partial charge in [0.15, 0.2) is 0 Å². The summed E-state index contributed by atoms with van der Waals surface area (Å²) in [7, 11) is -4.27. The van der Waals surface area contributed by atoms with Gasteiger partial charge in [0.1, 0.15) is 0 Å². The predicted molar refractivity (Wildman–Crippen MR) is 225 cm³/mol. The molecule has 8 atom stereocenters. The number of aliphatic hydroxyl groups is 1. The molecule has 0 bridgehead atoms. The zero-order valence-corrected chi connectivity index (χ0v) is 38.3. The molecule has 276 valence electrons. The summed E-state index contributed by atoms with van der Waals surface area (Å²) in [6, 6.07) is 0. The van der Waals surface area contributed by atoms with Crippen LogP contribution >= 0.6 is 22.6 Å². The van der Waals surface area contributed by atoms with Gasteiger partial charge in [-0.3, -0.25) is 0 Å². The molecule has 6 heteroatoms. The maximum Gasteiger partial charge on any atom is 0.200 e. The molecule has 0 aliphatic rings. The van der Waals surface area contributed by atoms with Gasteiger partial charge in [-0.25, -0.2) is 0 Å². The summed E-state index contributed by atoms with van der Waals surface area (Å²) >= 11 is 2.35. The van der Waals surface area contributed by atoms with Crippen LogP contribution in [0.5, 0.6) is 0 Å². The van der Waals surface area contributed by atoms with E-state index in [1.165, 1.54) is 5.57 Å². The number of allylic oxidation sites excluding steroid dienone is 3. The molecule has 0 aromatic carbocycles. The van der Waals surface area contributed by atoms with Crippen LogP contribution in [0.25, 0.3) is 0 Å². The van der Waals surface area contributed by atoms with Crippen LogP contribution in [0.3, 0.4) is 0 Å². The lowest BCUT2D eigenvalue weighted by molar-refractivity contribution is -0.0152. The molecule has 0 aliphatic carbocycles. The molecule has 0 aromatic heterocycles. The third kappa shape index (κ3) is 12.3. The monoisotopic (exact) mass is 802 g/mol. The topological polar surface area (TPSA) is 38.7 Å². The van der Waals surface area contributed by atoms with E-state index in [0.717, 1.165) is 6.42 Å². The Labute approximate surface area is 310 Å². The maximum absolute atomic E-state index is 11.7. The van der Waals surface area contributed by atoms with Gasteiger partial charge in [0.2, 0.25) is 16.6 Å². The average molecular weight is 803 g/mol. The van der Waals surface area contributed by atoms with Crippen molar-refractivity contribution in [1.82, 2.24) is 0 Å². The van der Waals surface area contributed by atoms with Crippen molar-refractivity contribution in [3.8, 4) is 0 Å². The average Bonchev–Trinajstić information content (AvgIpc) is 2.94. The molecule has 0 radical (unpaired) electrons. The summed E-state index contributed by atoms with van der Waals surface area (Å²) in [6.07, 6.45) is 11.1. The molecule has 0 fully saturated rings. The van der Waals surface area contributed by atoms with E-state index < -0.39 is 22.7 Å². The Balaban J connectivity index is 6.82. The van der Waals surface area contributed by atoms with Gasteiger partial charge in [0.05, 0.1) is 18.3 Å². The Bertz CT molecular complexity index is 940. The highest BCUT2D eigenvalue weighted by Crippen LogP contribution is 2.47. The SMILES string of the molecule is C=C/C=C\[C@@H](C)[C@@H](O)[C@H](C)[C@@H](O[Si](C(C)C)(C(C)C)C(C)C)[C@H](C)C/C(C)=C\[C@@H](C)[C@H](O[Si](C(C)C)(C(C)C)C(C)C)[C@H](C)/C=C\I. The third-order valence-corrected chi connectivity index (χ3v) is 24.0. The van der Waals surface area contributed by atoms with E-state index in [9.17, 15) is 5.11 Å². The standard InChI is InChI=1S/C41H79IO3Si2/c1-20-21-22-34(15)39(43)38(19)41(45-47(30(8)9,31(10)11)32(12)13)37(18)26-33(14)25-36(17)40(35(16)23-24-42)44-46(27(2)3,28(4)5)29(6)7/h20-25,27-32,34-41,43H,1,26H2,2-19H3/b22-21-,24-23-,33-25-/t34-,35-,36-,37-,38+,39-,40-,41+/m1/s1.